The summed E-state index contributed by atoms with van der Waals surface area (Å²) in [6.07, 6.45) is 1.73. The molecule has 1 amide bonds. The molecule has 6 nitrogen and oxygen atoms in total. The van der Waals surface area contributed by atoms with E-state index in [-0.39, 0.29) is 5.91 Å². The molecule has 0 spiro atoms. The highest BCUT2D eigenvalue weighted by Crippen LogP contribution is 2.23. The molecule has 0 saturated heterocycles. The first-order chi connectivity index (χ1) is 15.6. The summed E-state index contributed by atoms with van der Waals surface area (Å²) in [5.74, 6) is 0.431. The minimum absolute atomic E-state index is 0.388. The van der Waals surface area contributed by atoms with Crippen molar-refractivity contribution in [1.82, 2.24) is 4.57 Å². The molecular weight excluding hydrogens is 424 g/mol. The van der Waals surface area contributed by atoms with Crippen LogP contribution in [0.4, 0.5) is 0 Å². The zero-order valence-electron chi connectivity index (χ0n) is 17.4. The van der Waals surface area contributed by atoms with E-state index >= 15 is 0 Å². The fourth-order valence-electron chi connectivity index (χ4n) is 3.18. The summed E-state index contributed by atoms with van der Waals surface area (Å²) in [6, 6.07) is 21.5. The maximum Gasteiger partial charge on any atom is 0.337 e. The molecule has 0 N–H and O–H groups in total. The zero-order valence-corrected chi connectivity index (χ0v) is 18.2. The summed E-state index contributed by atoms with van der Waals surface area (Å²) in [5, 5.41) is 0. The van der Waals surface area contributed by atoms with Gasteiger partial charge in [-0.1, -0.05) is 41.7 Å². The first kappa shape index (κ1) is 21.3. The largest absolute Gasteiger partial charge is 0.465 e. The predicted octanol–water partition coefficient (Wildman–Crippen LogP) is 5.21. The second-order valence-electron chi connectivity index (χ2n) is 6.82. The van der Waals surface area contributed by atoms with Gasteiger partial charge in [0.2, 0.25) is 0 Å². The Hall–Kier alpha value is -3.97. The minimum Gasteiger partial charge on any atom is -0.465 e. The number of hydrogen-bond acceptors (Lipinski definition) is 5. The van der Waals surface area contributed by atoms with E-state index in [9.17, 15) is 9.59 Å². The number of amides is 1. The van der Waals surface area contributed by atoms with Crippen molar-refractivity contribution in [3.8, 4) is 11.5 Å². The van der Waals surface area contributed by atoms with E-state index in [1.165, 1.54) is 18.4 Å². The summed E-state index contributed by atoms with van der Waals surface area (Å²) < 4.78 is 13.3. The highest BCUT2D eigenvalue weighted by molar-refractivity contribution is 7.16. The standard InChI is InChI=1S/C25H20N2O4S/c1-3-14-27-21-13-12-18(24(29)30-2)16-22(21)32-25(27)26-23(28)17-8-7-11-20(15-17)31-19-9-5-4-6-10-19/h3-13,15-16H,1,14H2,2H3. The molecule has 4 aromatic rings. The average Bonchev–Trinajstić information content (AvgIpc) is 3.15. The topological polar surface area (TPSA) is 69.9 Å². The molecule has 0 fully saturated rings. The lowest BCUT2D eigenvalue weighted by atomic mass is 10.2. The van der Waals surface area contributed by atoms with Crippen LogP contribution in [0.15, 0.2) is 90.4 Å². The van der Waals surface area contributed by atoms with E-state index < -0.39 is 5.97 Å². The lowest BCUT2D eigenvalue weighted by Crippen LogP contribution is -2.16. The summed E-state index contributed by atoms with van der Waals surface area (Å²) in [6.45, 7) is 4.27. The molecule has 0 aliphatic carbocycles. The van der Waals surface area contributed by atoms with Gasteiger partial charge in [0.15, 0.2) is 4.80 Å². The van der Waals surface area contributed by atoms with Crippen LogP contribution in [0.5, 0.6) is 11.5 Å². The van der Waals surface area contributed by atoms with Gasteiger partial charge in [-0.2, -0.15) is 4.99 Å². The van der Waals surface area contributed by atoms with E-state index in [0.29, 0.717) is 34.0 Å². The molecule has 7 heteroatoms. The molecule has 32 heavy (non-hydrogen) atoms. The number of carbonyl (C=O) groups is 2. The van der Waals surface area contributed by atoms with Crippen molar-refractivity contribution in [1.29, 1.82) is 0 Å². The fraction of sp³-hybridized carbons (Fsp3) is 0.0800. The fourth-order valence-corrected chi connectivity index (χ4v) is 4.25. The van der Waals surface area contributed by atoms with Gasteiger partial charge in [-0.25, -0.2) is 4.79 Å². The van der Waals surface area contributed by atoms with Crippen molar-refractivity contribution >= 4 is 33.4 Å². The molecule has 1 aromatic heterocycles. The van der Waals surface area contributed by atoms with Crippen LogP contribution in [0, 0.1) is 0 Å². The summed E-state index contributed by atoms with van der Waals surface area (Å²) in [5.41, 5.74) is 1.71. The Morgan fingerprint density at radius 3 is 2.53 bits per heavy atom. The van der Waals surface area contributed by atoms with Crippen LogP contribution in [-0.4, -0.2) is 23.6 Å². The van der Waals surface area contributed by atoms with Crippen molar-refractivity contribution < 1.29 is 19.1 Å². The second kappa shape index (κ2) is 9.45. The molecule has 0 radical (unpaired) electrons. The average molecular weight is 445 g/mol. The number of esters is 1. The van der Waals surface area contributed by atoms with E-state index in [2.05, 4.69) is 11.6 Å². The Kier molecular flexibility index (Phi) is 6.28. The first-order valence-corrected chi connectivity index (χ1v) is 10.7. The van der Waals surface area contributed by atoms with Crippen LogP contribution in [0.25, 0.3) is 10.2 Å². The van der Waals surface area contributed by atoms with Crippen LogP contribution in [0.2, 0.25) is 0 Å². The maximum atomic E-state index is 12.9. The number of para-hydroxylation sites is 1. The molecule has 0 atom stereocenters. The van der Waals surface area contributed by atoms with Crippen LogP contribution in [0.1, 0.15) is 20.7 Å². The van der Waals surface area contributed by atoms with Gasteiger partial charge in [-0.15, -0.1) is 6.58 Å². The van der Waals surface area contributed by atoms with Crippen molar-refractivity contribution in [3.05, 3.63) is 101 Å². The lowest BCUT2D eigenvalue weighted by Gasteiger charge is -2.06. The maximum absolute atomic E-state index is 12.9. The molecule has 160 valence electrons. The molecule has 0 unspecified atom stereocenters. The number of rotatable bonds is 6. The van der Waals surface area contributed by atoms with Gasteiger partial charge in [-0.05, 0) is 48.5 Å². The Balaban J connectivity index is 1.71. The van der Waals surface area contributed by atoms with Crippen LogP contribution in [0.3, 0.4) is 0 Å². The zero-order chi connectivity index (χ0) is 22.5. The van der Waals surface area contributed by atoms with E-state index in [0.717, 1.165) is 10.2 Å². The second-order valence-corrected chi connectivity index (χ2v) is 7.83. The Bertz CT molecular complexity index is 1370. The number of carbonyl (C=O) groups excluding carboxylic acids is 2. The van der Waals surface area contributed by atoms with Crippen molar-refractivity contribution in [2.45, 2.75) is 6.54 Å². The minimum atomic E-state index is -0.416. The normalized spacial score (nSPS) is 11.3. The number of aromatic nitrogens is 1. The molecule has 3 aromatic carbocycles. The van der Waals surface area contributed by atoms with Crippen LogP contribution >= 0.6 is 11.3 Å². The third kappa shape index (κ3) is 4.53. The predicted molar refractivity (Wildman–Crippen MR) is 124 cm³/mol. The monoisotopic (exact) mass is 444 g/mol. The molecule has 4 rings (SSSR count). The van der Waals surface area contributed by atoms with Crippen molar-refractivity contribution in [3.63, 3.8) is 0 Å². The molecule has 1 heterocycles. The number of ether oxygens (including phenoxy) is 2. The van der Waals surface area contributed by atoms with E-state index in [1.54, 1.807) is 42.5 Å². The number of nitrogens with zero attached hydrogens (tertiary/aromatic N) is 2. The number of benzene rings is 3. The molecule has 0 aliphatic rings. The van der Waals surface area contributed by atoms with E-state index in [4.69, 9.17) is 9.47 Å². The Morgan fingerprint density at radius 1 is 1.00 bits per heavy atom. The lowest BCUT2D eigenvalue weighted by molar-refractivity contribution is 0.0601. The van der Waals surface area contributed by atoms with Gasteiger partial charge in [-0.3, -0.25) is 4.79 Å². The first-order valence-electron chi connectivity index (χ1n) is 9.83. The van der Waals surface area contributed by atoms with Gasteiger partial charge in [0, 0.05) is 12.1 Å². The Morgan fingerprint density at radius 2 is 1.78 bits per heavy atom. The number of allylic oxidation sites excluding steroid dienone is 1. The van der Waals surface area contributed by atoms with Crippen molar-refractivity contribution in [2.24, 2.45) is 4.99 Å². The highest BCUT2D eigenvalue weighted by Gasteiger charge is 2.12. The number of hydrogen-bond donors (Lipinski definition) is 0. The third-order valence-electron chi connectivity index (χ3n) is 4.67. The van der Waals surface area contributed by atoms with Gasteiger partial charge >= 0.3 is 5.97 Å². The van der Waals surface area contributed by atoms with Crippen LogP contribution in [-0.2, 0) is 11.3 Å². The molecular formula is C25H20N2O4S. The SMILES string of the molecule is C=CCn1c(=NC(=O)c2cccc(Oc3ccccc3)c2)sc2cc(C(=O)OC)ccc21. The molecule has 0 saturated carbocycles. The molecule has 0 bridgehead atoms. The van der Waals surface area contributed by atoms with Crippen LogP contribution < -0.4 is 9.54 Å². The number of fused-ring (bicyclic) bond motifs is 1. The highest BCUT2D eigenvalue weighted by atomic mass is 32.1. The molecule has 0 aliphatic heterocycles. The Labute approximate surface area is 188 Å². The summed E-state index contributed by atoms with van der Waals surface area (Å²) in [7, 11) is 1.34. The van der Waals surface area contributed by atoms with E-state index in [1.807, 2.05) is 41.0 Å². The number of thiazole rings is 1. The van der Waals surface area contributed by atoms with Gasteiger partial charge in [0.05, 0.1) is 22.9 Å². The van der Waals surface area contributed by atoms with Gasteiger partial charge in [0.25, 0.3) is 5.91 Å². The van der Waals surface area contributed by atoms with Crippen molar-refractivity contribution in [2.75, 3.05) is 7.11 Å². The smallest absolute Gasteiger partial charge is 0.337 e. The number of methoxy groups -OCH3 is 1. The summed E-state index contributed by atoms with van der Waals surface area (Å²) >= 11 is 1.32. The van der Waals surface area contributed by atoms with Gasteiger partial charge in [0.1, 0.15) is 11.5 Å². The summed E-state index contributed by atoms with van der Waals surface area (Å²) in [4.78, 5) is 29.7. The third-order valence-corrected chi connectivity index (χ3v) is 5.71. The van der Waals surface area contributed by atoms with Gasteiger partial charge < -0.3 is 14.0 Å². The quantitative estimate of drug-likeness (QED) is 0.302.